The highest BCUT2D eigenvalue weighted by atomic mass is 32.2. The summed E-state index contributed by atoms with van der Waals surface area (Å²) in [6, 6.07) is 10.7. The van der Waals surface area contributed by atoms with Gasteiger partial charge in [0.05, 0.1) is 21.7 Å². The molecule has 9 heteroatoms. The highest BCUT2D eigenvalue weighted by Gasteiger charge is 2.26. The number of carbonyl (C=O) groups is 1. The third-order valence-electron chi connectivity index (χ3n) is 4.40. The van der Waals surface area contributed by atoms with Gasteiger partial charge in [0.2, 0.25) is 0 Å². The molecule has 0 aliphatic heterocycles. The molecule has 140 valence electrons. The molecule has 4 rings (SSSR count). The molecular formula is C18H17N3O5S. The van der Waals surface area contributed by atoms with Gasteiger partial charge in [0.15, 0.2) is 5.58 Å². The van der Waals surface area contributed by atoms with E-state index in [2.05, 4.69) is 10.0 Å². The number of rotatable bonds is 5. The summed E-state index contributed by atoms with van der Waals surface area (Å²) in [5.41, 5.74) is 1.10. The number of aromatic nitrogens is 1. The van der Waals surface area contributed by atoms with Crippen molar-refractivity contribution in [3.05, 3.63) is 58.6 Å². The van der Waals surface area contributed by atoms with Gasteiger partial charge in [-0.1, -0.05) is 12.1 Å². The van der Waals surface area contributed by atoms with Crippen molar-refractivity contribution in [3.8, 4) is 0 Å². The van der Waals surface area contributed by atoms with Crippen LogP contribution in [0.25, 0.3) is 11.1 Å². The lowest BCUT2D eigenvalue weighted by Gasteiger charge is -2.12. The van der Waals surface area contributed by atoms with Crippen LogP contribution >= 0.6 is 0 Å². The Hall–Kier alpha value is -3.07. The molecule has 0 bridgehead atoms. The second kappa shape index (κ2) is 6.27. The standard InChI is InChI=1S/C18H17N3O5S/c1-21-15-9-8-12(10-16(15)26-18(21)23)27(24,25)20-14-5-3-2-4-13(14)17(22)19-11-6-7-11/h2-5,8-11,20H,6-7H2,1H3,(H,19,22). The van der Waals surface area contributed by atoms with Gasteiger partial charge in [0, 0.05) is 19.2 Å². The summed E-state index contributed by atoms with van der Waals surface area (Å²) < 4.78 is 34.3. The fraction of sp³-hybridized carbons (Fsp3) is 0.222. The summed E-state index contributed by atoms with van der Waals surface area (Å²) in [5.74, 6) is -0.894. The summed E-state index contributed by atoms with van der Waals surface area (Å²) in [6.07, 6.45) is 1.86. The Morgan fingerprint density at radius 2 is 1.93 bits per heavy atom. The molecule has 2 aromatic carbocycles. The van der Waals surface area contributed by atoms with Crippen LogP contribution in [0.3, 0.4) is 0 Å². The summed E-state index contributed by atoms with van der Waals surface area (Å²) in [6.45, 7) is 0. The number of benzene rings is 2. The second-order valence-corrected chi connectivity index (χ2v) is 8.14. The minimum atomic E-state index is -3.98. The number of aryl methyl sites for hydroxylation is 1. The highest BCUT2D eigenvalue weighted by Crippen LogP contribution is 2.24. The van der Waals surface area contributed by atoms with Gasteiger partial charge in [0.1, 0.15) is 0 Å². The predicted octanol–water partition coefficient (Wildman–Crippen LogP) is 1.82. The lowest BCUT2D eigenvalue weighted by atomic mass is 10.1. The summed E-state index contributed by atoms with van der Waals surface area (Å²) >= 11 is 0. The second-order valence-electron chi connectivity index (χ2n) is 6.46. The molecule has 0 spiro atoms. The maximum Gasteiger partial charge on any atom is 0.419 e. The van der Waals surface area contributed by atoms with Crippen LogP contribution in [0, 0.1) is 0 Å². The van der Waals surface area contributed by atoms with E-state index in [0.29, 0.717) is 5.52 Å². The zero-order chi connectivity index (χ0) is 19.2. The molecule has 3 aromatic rings. The predicted molar refractivity (Wildman–Crippen MR) is 99.2 cm³/mol. The van der Waals surface area contributed by atoms with Gasteiger partial charge in [-0.15, -0.1) is 0 Å². The van der Waals surface area contributed by atoms with Gasteiger partial charge >= 0.3 is 5.76 Å². The van der Waals surface area contributed by atoms with E-state index >= 15 is 0 Å². The van der Waals surface area contributed by atoms with Gasteiger partial charge < -0.3 is 9.73 Å². The molecule has 1 aromatic heterocycles. The van der Waals surface area contributed by atoms with Crippen molar-refractivity contribution >= 4 is 32.7 Å². The molecule has 1 aliphatic carbocycles. The van der Waals surface area contributed by atoms with Crippen LogP contribution in [0.5, 0.6) is 0 Å². The number of fused-ring (bicyclic) bond motifs is 1. The summed E-state index contributed by atoms with van der Waals surface area (Å²) in [5, 5.41) is 2.84. The molecule has 0 atom stereocenters. The Bertz CT molecular complexity index is 1210. The molecule has 8 nitrogen and oxygen atoms in total. The number of sulfonamides is 1. The minimum Gasteiger partial charge on any atom is -0.408 e. The van der Waals surface area contributed by atoms with Crippen molar-refractivity contribution in [2.24, 2.45) is 7.05 Å². The number of amides is 1. The molecule has 1 fully saturated rings. The third kappa shape index (κ3) is 3.33. The van der Waals surface area contributed by atoms with E-state index in [0.717, 1.165) is 12.8 Å². The number of para-hydroxylation sites is 1. The molecular weight excluding hydrogens is 370 g/mol. The Labute approximate surface area is 154 Å². The zero-order valence-corrected chi connectivity index (χ0v) is 15.2. The van der Waals surface area contributed by atoms with E-state index in [4.69, 9.17) is 4.42 Å². The van der Waals surface area contributed by atoms with Gasteiger partial charge in [0.25, 0.3) is 15.9 Å². The normalized spacial score (nSPS) is 14.3. The maximum absolute atomic E-state index is 12.8. The van der Waals surface area contributed by atoms with Crippen molar-refractivity contribution < 1.29 is 17.6 Å². The lowest BCUT2D eigenvalue weighted by Crippen LogP contribution is -2.27. The first-order valence-electron chi connectivity index (χ1n) is 8.37. The van der Waals surface area contributed by atoms with Crippen LogP contribution in [-0.2, 0) is 17.1 Å². The van der Waals surface area contributed by atoms with E-state index < -0.39 is 15.8 Å². The van der Waals surface area contributed by atoms with Gasteiger partial charge in [-0.2, -0.15) is 0 Å². The van der Waals surface area contributed by atoms with Crippen LogP contribution < -0.4 is 15.8 Å². The zero-order valence-electron chi connectivity index (χ0n) is 14.4. The van der Waals surface area contributed by atoms with Gasteiger partial charge in [-0.3, -0.25) is 14.1 Å². The molecule has 1 saturated carbocycles. The molecule has 0 unspecified atom stereocenters. The molecule has 0 saturated heterocycles. The van der Waals surface area contributed by atoms with Crippen LogP contribution in [0.15, 0.2) is 56.6 Å². The van der Waals surface area contributed by atoms with Crippen molar-refractivity contribution in [2.75, 3.05) is 4.72 Å². The van der Waals surface area contributed by atoms with E-state index in [-0.39, 0.29) is 33.7 Å². The number of carbonyl (C=O) groups excluding carboxylic acids is 1. The highest BCUT2D eigenvalue weighted by molar-refractivity contribution is 7.92. The Balaban J connectivity index is 1.67. The number of hydrogen-bond acceptors (Lipinski definition) is 5. The van der Waals surface area contributed by atoms with Crippen LogP contribution in [0.2, 0.25) is 0 Å². The molecule has 1 heterocycles. The first-order valence-corrected chi connectivity index (χ1v) is 9.86. The number of nitrogens with zero attached hydrogens (tertiary/aromatic N) is 1. The number of oxazole rings is 1. The SMILES string of the molecule is Cn1c(=O)oc2cc(S(=O)(=O)Nc3ccccc3C(=O)NC3CC3)ccc21. The first kappa shape index (κ1) is 17.3. The van der Waals surface area contributed by atoms with E-state index in [1.165, 1.54) is 35.9 Å². The third-order valence-corrected chi connectivity index (χ3v) is 5.77. The van der Waals surface area contributed by atoms with Crippen LogP contribution in [-0.4, -0.2) is 24.9 Å². The first-order chi connectivity index (χ1) is 12.8. The van der Waals surface area contributed by atoms with Gasteiger partial charge in [-0.05, 0) is 37.1 Å². The molecule has 1 aliphatic rings. The molecule has 27 heavy (non-hydrogen) atoms. The number of anilines is 1. The minimum absolute atomic E-state index is 0.0678. The van der Waals surface area contributed by atoms with Gasteiger partial charge in [-0.25, -0.2) is 13.2 Å². The largest absolute Gasteiger partial charge is 0.419 e. The van der Waals surface area contributed by atoms with Crippen molar-refractivity contribution in [1.82, 2.24) is 9.88 Å². The van der Waals surface area contributed by atoms with Crippen LogP contribution in [0.4, 0.5) is 5.69 Å². The Morgan fingerprint density at radius 1 is 1.19 bits per heavy atom. The number of hydrogen-bond donors (Lipinski definition) is 2. The van der Waals surface area contributed by atoms with E-state index in [9.17, 15) is 18.0 Å². The summed E-state index contributed by atoms with van der Waals surface area (Å²) in [4.78, 5) is 23.9. The fourth-order valence-corrected chi connectivity index (χ4v) is 3.84. The number of nitrogens with one attached hydrogen (secondary N) is 2. The lowest BCUT2D eigenvalue weighted by molar-refractivity contribution is 0.0952. The Kier molecular flexibility index (Phi) is 4.03. The topological polar surface area (TPSA) is 110 Å². The monoisotopic (exact) mass is 387 g/mol. The van der Waals surface area contributed by atoms with Crippen molar-refractivity contribution in [3.63, 3.8) is 0 Å². The quantitative estimate of drug-likeness (QED) is 0.694. The fourth-order valence-electron chi connectivity index (χ4n) is 2.75. The smallest absolute Gasteiger partial charge is 0.408 e. The molecule has 2 N–H and O–H groups in total. The van der Waals surface area contributed by atoms with Crippen molar-refractivity contribution in [1.29, 1.82) is 0 Å². The maximum atomic E-state index is 12.8. The van der Waals surface area contributed by atoms with E-state index in [1.807, 2.05) is 0 Å². The van der Waals surface area contributed by atoms with E-state index in [1.54, 1.807) is 18.2 Å². The summed E-state index contributed by atoms with van der Waals surface area (Å²) in [7, 11) is -2.44. The average Bonchev–Trinajstić information content (AvgIpc) is 3.40. The molecule has 1 amide bonds. The van der Waals surface area contributed by atoms with Crippen molar-refractivity contribution in [2.45, 2.75) is 23.8 Å². The molecule has 0 radical (unpaired) electrons. The Morgan fingerprint density at radius 3 is 2.67 bits per heavy atom. The average molecular weight is 387 g/mol. The van der Waals surface area contributed by atoms with Crippen LogP contribution in [0.1, 0.15) is 23.2 Å².